The van der Waals surface area contributed by atoms with E-state index in [1.54, 1.807) is 11.0 Å². The lowest BCUT2D eigenvalue weighted by molar-refractivity contribution is 0.333. The first-order chi connectivity index (χ1) is 11.6. The van der Waals surface area contributed by atoms with Gasteiger partial charge in [-0.15, -0.1) is 0 Å². The van der Waals surface area contributed by atoms with Gasteiger partial charge >= 0.3 is 0 Å². The SMILES string of the molecule is CN(C)c1noc(C2CCCN(c3ncnc4c3cnn4C)C2)n1. The van der Waals surface area contributed by atoms with Gasteiger partial charge in [0.1, 0.15) is 12.1 Å². The number of fused-ring (bicyclic) bond motifs is 1. The third kappa shape index (κ3) is 2.45. The molecule has 0 N–H and O–H groups in total. The Hall–Kier alpha value is -2.71. The molecule has 0 radical (unpaired) electrons. The van der Waals surface area contributed by atoms with Crippen molar-refractivity contribution in [1.82, 2.24) is 29.9 Å². The third-order valence-corrected chi connectivity index (χ3v) is 4.41. The second-order valence-corrected chi connectivity index (χ2v) is 6.31. The molecule has 0 amide bonds. The van der Waals surface area contributed by atoms with Crippen molar-refractivity contribution in [3.05, 3.63) is 18.4 Å². The van der Waals surface area contributed by atoms with Gasteiger partial charge in [-0.3, -0.25) is 4.68 Å². The Labute approximate surface area is 139 Å². The fourth-order valence-corrected chi connectivity index (χ4v) is 3.15. The molecule has 1 aliphatic heterocycles. The molecule has 1 unspecified atom stereocenters. The summed E-state index contributed by atoms with van der Waals surface area (Å²) in [6.45, 7) is 1.75. The van der Waals surface area contributed by atoms with E-state index in [2.05, 4.69) is 30.1 Å². The fraction of sp³-hybridized carbons (Fsp3) is 0.533. The van der Waals surface area contributed by atoms with Gasteiger partial charge in [-0.25, -0.2) is 9.97 Å². The second kappa shape index (κ2) is 5.73. The zero-order valence-corrected chi connectivity index (χ0v) is 14.0. The highest BCUT2D eigenvalue weighted by Crippen LogP contribution is 2.31. The normalized spacial score (nSPS) is 18.3. The largest absolute Gasteiger partial charge is 0.355 e. The van der Waals surface area contributed by atoms with Crippen molar-refractivity contribution < 1.29 is 4.52 Å². The lowest BCUT2D eigenvalue weighted by atomic mass is 9.98. The number of hydrogen-bond donors (Lipinski definition) is 0. The van der Waals surface area contributed by atoms with E-state index in [-0.39, 0.29) is 5.92 Å². The Kier molecular flexibility index (Phi) is 3.55. The van der Waals surface area contributed by atoms with Crippen LogP contribution in [-0.2, 0) is 7.05 Å². The molecule has 0 aliphatic carbocycles. The molecule has 9 nitrogen and oxygen atoms in total. The number of aryl methyl sites for hydroxylation is 1. The summed E-state index contributed by atoms with van der Waals surface area (Å²) in [5, 5.41) is 9.29. The Morgan fingerprint density at radius 3 is 2.96 bits per heavy atom. The monoisotopic (exact) mass is 328 g/mol. The van der Waals surface area contributed by atoms with Gasteiger partial charge in [-0.2, -0.15) is 10.1 Å². The number of hydrogen-bond acceptors (Lipinski definition) is 8. The molecule has 1 fully saturated rings. The van der Waals surface area contributed by atoms with E-state index in [1.165, 1.54) is 0 Å². The van der Waals surface area contributed by atoms with Crippen LogP contribution in [-0.4, -0.2) is 57.1 Å². The summed E-state index contributed by atoms with van der Waals surface area (Å²) < 4.78 is 7.23. The zero-order valence-electron chi connectivity index (χ0n) is 14.0. The summed E-state index contributed by atoms with van der Waals surface area (Å²) >= 11 is 0. The van der Waals surface area contributed by atoms with Gasteiger partial charge in [-0.1, -0.05) is 0 Å². The molecule has 0 bridgehead atoms. The van der Waals surface area contributed by atoms with Gasteiger partial charge < -0.3 is 14.3 Å². The second-order valence-electron chi connectivity index (χ2n) is 6.31. The quantitative estimate of drug-likeness (QED) is 0.708. The molecular formula is C15H20N8O. The van der Waals surface area contributed by atoms with Crippen molar-refractivity contribution in [2.75, 3.05) is 37.0 Å². The third-order valence-electron chi connectivity index (χ3n) is 4.41. The van der Waals surface area contributed by atoms with E-state index in [4.69, 9.17) is 4.52 Å². The van der Waals surface area contributed by atoms with Crippen LogP contribution in [0.25, 0.3) is 11.0 Å². The molecule has 1 aliphatic rings. The minimum absolute atomic E-state index is 0.210. The predicted molar refractivity (Wildman–Crippen MR) is 89.1 cm³/mol. The van der Waals surface area contributed by atoms with E-state index >= 15 is 0 Å². The van der Waals surface area contributed by atoms with Crippen LogP contribution in [0.1, 0.15) is 24.7 Å². The van der Waals surface area contributed by atoms with Crippen LogP contribution >= 0.6 is 0 Å². The maximum absolute atomic E-state index is 5.46. The van der Waals surface area contributed by atoms with E-state index in [0.717, 1.165) is 42.8 Å². The van der Waals surface area contributed by atoms with Gasteiger partial charge in [0.15, 0.2) is 5.65 Å². The summed E-state index contributed by atoms with van der Waals surface area (Å²) in [7, 11) is 5.70. The molecule has 4 rings (SSSR count). The minimum Gasteiger partial charge on any atom is -0.355 e. The van der Waals surface area contributed by atoms with Gasteiger partial charge in [0, 0.05) is 34.2 Å². The molecule has 24 heavy (non-hydrogen) atoms. The highest BCUT2D eigenvalue weighted by Gasteiger charge is 2.28. The summed E-state index contributed by atoms with van der Waals surface area (Å²) in [6, 6.07) is 0. The average Bonchev–Trinajstić information content (AvgIpc) is 3.23. The molecule has 0 saturated carbocycles. The molecule has 1 saturated heterocycles. The van der Waals surface area contributed by atoms with Gasteiger partial charge in [0.25, 0.3) is 5.95 Å². The molecule has 1 atom stereocenters. The number of aromatic nitrogens is 6. The minimum atomic E-state index is 0.210. The summed E-state index contributed by atoms with van der Waals surface area (Å²) in [5.74, 6) is 2.44. The topological polar surface area (TPSA) is 89.0 Å². The number of piperidine rings is 1. The van der Waals surface area contributed by atoms with Gasteiger partial charge in [0.05, 0.1) is 17.5 Å². The fourth-order valence-electron chi connectivity index (χ4n) is 3.15. The van der Waals surface area contributed by atoms with Gasteiger partial charge in [0.2, 0.25) is 5.89 Å². The predicted octanol–water partition coefficient (Wildman–Crippen LogP) is 1.20. The van der Waals surface area contributed by atoms with Crippen LogP contribution in [0.4, 0.5) is 11.8 Å². The first-order valence-electron chi connectivity index (χ1n) is 8.02. The summed E-state index contributed by atoms with van der Waals surface area (Å²) in [5.41, 5.74) is 0.842. The average molecular weight is 328 g/mol. The van der Waals surface area contributed by atoms with E-state index in [0.29, 0.717) is 11.8 Å². The van der Waals surface area contributed by atoms with Gasteiger partial charge in [-0.05, 0) is 18.0 Å². The van der Waals surface area contributed by atoms with E-state index in [9.17, 15) is 0 Å². The maximum Gasteiger partial charge on any atom is 0.265 e. The van der Waals surface area contributed by atoms with E-state index < -0.39 is 0 Å². The summed E-state index contributed by atoms with van der Waals surface area (Å²) in [6.07, 6.45) is 5.51. The standard InChI is InChI=1S/C15H20N8O/c1-21(2)15-19-14(24-20-15)10-5-4-6-23(8-10)13-11-7-18-22(3)12(11)16-9-17-13/h7,9-10H,4-6,8H2,1-3H3. The van der Waals surface area contributed by atoms with Crippen LogP contribution < -0.4 is 9.80 Å². The van der Waals surface area contributed by atoms with Crippen molar-refractivity contribution in [2.24, 2.45) is 7.05 Å². The van der Waals surface area contributed by atoms with Crippen LogP contribution in [0.3, 0.4) is 0 Å². The molecule has 0 aromatic carbocycles. The van der Waals surface area contributed by atoms with Crippen molar-refractivity contribution in [3.63, 3.8) is 0 Å². The first kappa shape index (κ1) is 14.9. The zero-order chi connectivity index (χ0) is 16.7. The molecule has 3 aromatic heterocycles. The summed E-state index contributed by atoms with van der Waals surface area (Å²) in [4.78, 5) is 17.4. The number of rotatable bonds is 3. The molecule has 3 aromatic rings. The molecular weight excluding hydrogens is 308 g/mol. The number of anilines is 2. The van der Waals surface area contributed by atoms with Crippen LogP contribution in [0, 0.1) is 0 Å². The Morgan fingerprint density at radius 1 is 1.29 bits per heavy atom. The lowest BCUT2D eigenvalue weighted by Crippen LogP contribution is -2.35. The maximum atomic E-state index is 5.46. The van der Waals surface area contributed by atoms with Crippen LogP contribution in [0.2, 0.25) is 0 Å². The van der Waals surface area contributed by atoms with Crippen LogP contribution in [0.5, 0.6) is 0 Å². The lowest BCUT2D eigenvalue weighted by Gasteiger charge is -2.32. The van der Waals surface area contributed by atoms with Crippen molar-refractivity contribution >= 4 is 22.8 Å². The highest BCUT2D eigenvalue weighted by molar-refractivity contribution is 5.86. The van der Waals surface area contributed by atoms with Crippen molar-refractivity contribution in [3.8, 4) is 0 Å². The van der Waals surface area contributed by atoms with Crippen LogP contribution in [0.15, 0.2) is 17.0 Å². The highest BCUT2D eigenvalue weighted by atomic mass is 16.5. The molecule has 0 spiro atoms. The Morgan fingerprint density at radius 2 is 2.17 bits per heavy atom. The molecule has 9 heteroatoms. The first-order valence-corrected chi connectivity index (χ1v) is 8.02. The van der Waals surface area contributed by atoms with Crippen molar-refractivity contribution in [2.45, 2.75) is 18.8 Å². The number of nitrogens with zero attached hydrogens (tertiary/aromatic N) is 8. The molecule has 126 valence electrons. The Bertz CT molecular complexity index is 854. The van der Waals surface area contributed by atoms with E-state index in [1.807, 2.05) is 32.2 Å². The molecule has 4 heterocycles. The Balaban J connectivity index is 1.62. The van der Waals surface area contributed by atoms with Crippen molar-refractivity contribution in [1.29, 1.82) is 0 Å². The smallest absolute Gasteiger partial charge is 0.265 e.